The minimum atomic E-state index is 0.139. The summed E-state index contributed by atoms with van der Waals surface area (Å²) in [5.74, 6) is 1.15. The Kier molecular flexibility index (Phi) is 5.36. The van der Waals surface area contributed by atoms with E-state index in [4.69, 9.17) is 5.11 Å². The van der Waals surface area contributed by atoms with Gasteiger partial charge in [0.05, 0.1) is 6.61 Å². The van der Waals surface area contributed by atoms with Gasteiger partial charge in [-0.1, -0.05) is 18.6 Å². The second-order valence-corrected chi connectivity index (χ2v) is 5.72. The fourth-order valence-corrected chi connectivity index (χ4v) is 3.20. The number of likely N-dealkylation sites (tertiary alicyclic amines) is 1. The maximum absolute atomic E-state index is 9.07. The summed E-state index contributed by atoms with van der Waals surface area (Å²) < 4.78 is 0. The number of hydrogen-bond donors (Lipinski definition) is 1. The van der Waals surface area contributed by atoms with Crippen molar-refractivity contribution in [3.8, 4) is 0 Å². The minimum absolute atomic E-state index is 0.139. The van der Waals surface area contributed by atoms with Gasteiger partial charge in [-0.05, 0) is 43.6 Å². The van der Waals surface area contributed by atoms with E-state index in [0.717, 1.165) is 11.3 Å². The highest BCUT2D eigenvalue weighted by Gasteiger charge is 2.09. The normalized spacial score (nSPS) is 17.2. The molecule has 3 heteroatoms. The van der Waals surface area contributed by atoms with Crippen LogP contribution in [0.1, 0.15) is 24.8 Å². The van der Waals surface area contributed by atoms with E-state index in [-0.39, 0.29) is 6.61 Å². The molecule has 0 saturated carbocycles. The topological polar surface area (TPSA) is 23.5 Å². The van der Waals surface area contributed by atoms with Gasteiger partial charge in [-0.3, -0.25) is 0 Å². The van der Waals surface area contributed by atoms with Gasteiger partial charge in [0.15, 0.2) is 0 Å². The summed E-state index contributed by atoms with van der Waals surface area (Å²) in [5, 5.41) is 9.07. The molecule has 2 nitrogen and oxygen atoms in total. The number of aliphatic hydroxyl groups excluding tert-OH is 1. The summed E-state index contributed by atoms with van der Waals surface area (Å²) in [5.41, 5.74) is 1.01. The van der Waals surface area contributed by atoms with Crippen LogP contribution in [0.25, 0.3) is 0 Å². The predicted octanol–water partition coefficient (Wildman–Crippen LogP) is 2.76. The lowest BCUT2D eigenvalue weighted by atomic mass is 10.1. The highest BCUT2D eigenvalue weighted by Crippen LogP contribution is 2.20. The van der Waals surface area contributed by atoms with Gasteiger partial charge in [0.25, 0.3) is 0 Å². The Hall–Kier alpha value is -0.510. The van der Waals surface area contributed by atoms with Gasteiger partial charge in [0.1, 0.15) is 0 Å². The molecular weight excluding hydrogens is 230 g/mol. The zero-order valence-corrected chi connectivity index (χ0v) is 11.1. The fraction of sp³-hybridized carbons (Fsp3) is 0.571. The van der Waals surface area contributed by atoms with Gasteiger partial charge in [-0.15, -0.1) is 11.8 Å². The predicted molar refractivity (Wildman–Crippen MR) is 73.4 cm³/mol. The fourth-order valence-electron chi connectivity index (χ4n) is 2.21. The van der Waals surface area contributed by atoms with Crippen LogP contribution in [0.15, 0.2) is 29.2 Å². The molecule has 0 aromatic heterocycles. The summed E-state index contributed by atoms with van der Waals surface area (Å²) in [4.78, 5) is 3.83. The molecule has 2 rings (SSSR count). The van der Waals surface area contributed by atoms with E-state index >= 15 is 0 Å². The highest BCUT2D eigenvalue weighted by molar-refractivity contribution is 7.99. The molecular formula is C14H21NOS. The minimum Gasteiger partial charge on any atom is -0.392 e. The van der Waals surface area contributed by atoms with Crippen LogP contribution in [-0.2, 0) is 6.61 Å². The van der Waals surface area contributed by atoms with Gasteiger partial charge in [0, 0.05) is 17.2 Å². The van der Waals surface area contributed by atoms with Crippen LogP contribution in [0.2, 0.25) is 0 Å². The smallest absolute Gasteiger partial charge is 0.0682 e. The monoisotopic (exact) mass is 251 g/mol. The quantitative estimate of drug-likeness (QED) is 0.814. The average molecular weight is 251 g/mol. The Bertz CT molecular complexity index is 337. The van der Waals surface area contributed by atoms with Crippen LogP contribution in [0.5, 0.6) is 0 Å². The molecule has 1 heterocycles. The van der Waals surface area contributed by atoms with Crippen molar-refractivity contribution in [3.05, 3.63) is 29.8 Å². The van der Waals surface area contributed by atoms with Crippen molar-refractivity contribution < 1.29 is 5.11 Å². The molecule has 1 aliphatic rings. The third-order valence-corrected chi connectivity index (χ3v) is 4.18. The first-order valence-corrected chi connectivity index (χ1v) is 7.42. The Morgan fingerprint density at radius 3 is 2.76 bits per heavy atom. The van der Waals surface area contributed by atoms with Crippen molar-refractivity contribution in [2.24, 2.45) is 0 Å². The van der Waals surface area contributed by atoms with E-state index < -0.39 is 0 Å². The molecule has 0 atom stereocenters. The van der Waals surface area contributed by atoms with E-state index in [0.29, 0.717) is 0 Å². The third kappa shape index (κ3) is 4.34. The lowest BCUT2D eigenvalue weighted by Crippen LogP contribution is -2.31. The summed E-state index contributed by atoms with van der Waals surface area (Å²) in [6.45, 7) is 3.88. The first-order valence-electron chi connectivity index (χ1n) is 6.43. The lowest BCUT2D eigenvalue weighted by Gasteiger charge is -2.26. The van der Waals surface area contributed by atoms with Crippen LogP contribution in [0.4, 0.5) is 0 Å². The molecule has 0 aliphatic carbocycles. The van der Waals surface area contributed by atoms with Crippen molar-refractivity contribution in [2.75, 3.05) is 25.4 Å². The van der Waals surface area contributed by atoms with Gasteiger partial charge in [-0.25, -0.2) is 0 Å². The summed E-state index contributed by atoms with van der Waals surface area (Å²) in [6.07, 6.45) is 4.14. The van der Waals surface area contributed by atoms with Crippen LogP contribution in [-0.4, -0.2) is 35.4 Å². The van der Waals surface area contributed by atoms with Gasteiger partial charge >= 0.3 is 0 Å². The van der Waals surface area contributed by atoms with E-state index in [2.05, 4.69) is 17.0 Å². The number of benzene rings is 1. The first kappa shape index (κ1) is 12.9. The number of piperidine rings is 1. The maximum Gasteiger partial charge on any atom is 0.0682 e. The van der Waals surface area contributed by atoms with Crippen LogP contribution in [0, 0.1) is 0 Å². The molecule has 0 unspecified atom stereocenters. The van der Waals surface area contributed by atoms with Gasteiger partial charge < -0.3 is 10.0 Å². The molecule has 17 heavy (non-hydrogen) atoms. The summed E-state index contributed by atoms with van der Waals surface area (Å²) in [7, 11) is 0. The number of rotatable bonds is 5. The van der Waals surface area contributed by atoms with E-state index in [1.165, 1.54) is 43.8 Å². The summed E-state index contributed by atoms with van der Waals surface area (Å²) >= 11 is 1.89. The molecule has 1 saturated heterocycles. The largest absolute Gasteiger partial charge is 0.392 e. The second kappa shape index (κ2) is 7.04. The number of hydrogen-bond acceptors (Lipinski definition) is 3. The van der Waals surface area contributed by atoms with Crippen molar-refractivity contribution in [1.29, 1.82) is 0 Å². The Morgan fingerprint density at radius 2 is 2.00 bits per heavy atom. The maximum atomic E-state index is 9.07. The van der Waals surface area contributed by atoms with E-state index in [1.54, 1.807) is 0 Å². The zero-order valence-electron chi connectivity index (χ0n) is 10.3. The third-order valence-electron chi connectivity index (χ3n) is 3.21. The summed E-state index contributed by atoms with van der Waals surface area (Å²) in [6, 6.07) is 8.20. The molecule has 0 radical (unpaired) electrons. The Balaban J connectivity index is 1.73. The second-order valence-electron chi connectivity index (χ2n) is 4.56. The molecule has 1 aliphatic heterocycles. The molecule has 1 aromatic carbocycles. The van der Waals surface area contributed by atoms with Crippen LogP contribution >= 0.6 is 11.8 Å². The van der Waals surface area contributed by atoms with Crippen molar-refractivity contribution in [2.45, 2.75) is 30.8 Å². The van der Waals surface area contributed by atoms with Crippen LogP contribution in [0.3, 0.4) is 0 Å². The first-order chi connectivity index (χ1) is 8.38. The Labute approximate surface area is 108 Å². The van der Waals surface area contributed by atoms with E-state index in [1.807, 2.05) is 23.9 Å². The molecule has 1 fully saturated rings. The SMILES string of the molecule is OCc1cccc(SCCN2CCCCC2)c1. The molecule has 0 amide bonds. The molecule has 94 valence electrons. The standard InChI is InChI=1S/C14H21NOS/c16-12-13-5-4-6-14(11-13)17-10-9-15-7-2-1-3-8-15/h4-6,11,16H,1-3,7-10,12H2. The van der Waals surface area contributed by atoms with Crippen LogP contribution < -0.4 is 0 Å². The number of aliphatic hydroxyl groups is 1. The molecule has 1 N–H and O–H groups in total. The number of nitrogens with zero attached hydrogens (tertiary/aromatic N) is 1. The molecule has 0 bridgehead atoms. The van der Waals surface area contributed by atoms with Gasteiger partial charge in [0.2, 0.25) is 0 Å². The highest BCUT2D eigenvalue weighted by atomic mass is 32.2. The Morgan fingerprint density at radius 1 is 1.18 bits per heavy atom. The van der Waals surface area contributed by atoms with Crippen molar-refractivity contribution >= 4 is 11.8 Å². The molecule has 0 spiro atoms. The average Bonchev–Trinajstić information content (AvgIpc) is 2.40. The zero-order chi connectivity index (χ0) is 11.9. The van der Waals surface area contributed by atoms with Crippen molar-refractivity contribution in [1.82, 2.24) is 4.90 Å². The lowest BCUT2D eigenvalue weighted by molar-refractivity contribution is 0.242. The van der Waals surface area contributed by atoms with Gasteiger partial charge in [-0.2, -0.15) is 0 Å². The van der Waals surface area contributed by atoms with E-state index in [9.17, 15) is 0 Å². The van der Waals surface area contributed by atoms with Crippen molar-refractivity contribution in [3.63, 3.8) is 0 Å². The number of thioether (sulfide) groups is 1. The molecule has 1 aromatic rings.